The molecule has 0 bridgehead atoms. The third-order valence-electron chi connectivity index (χ3n) is 3.79. The van der Waals surface area contributed by atoms with Gasteiger partial charge in [-0.05, 0) is 30.0 Å². The summed E-state index contributed by atoms with van der Waals surface area (Å²) in [7, 11) is -3.55. The van der Waals surface area contributed by atoms with E-state index in [1.54, 1.807) is 12.1 Å². The van der Waals surface area contributed by atoms with Crippen molar-refractivity contribution in [3.05, 3.63) is 28.8 Å². The number of nitrogens with zero attached hydrogens (tertiary/aromatic N) is 1. The number of rotatable bonds is 4. The minimum Gasteiger partial charge on any atom is -0.326 e. The molecule has 1 saturated heterocycles. The first-order valence-electron chi connectivity index (χ1n) is 6.90. The average Bonchev–Trinajstić information content (AvgIpc) is 2.73. The summed E-state index contributed by atoms with van der Waals surface area (Å²) < 4.78 is 26.8. The first kappa shape index (κ1) is 18.7. The van der Waals surface area contributed by atoms with E-state index < -0.39 is 10.0 Å². The topological polar surface area (TPSA) is 63.4 Å². The molecule has 0 saturated carbocycles. The molecule has 0 aromatic heterocycles. The second kappa shape index (κ2) is 7.29. The van der Waals surface area contributed by atoms with Gasteiger partial charge in [-0.2, -0.15) is 4.31 Å². The molecule has 2 N–H and O–H groups in total. The Morgan fingerprint density at radius 3 is 2.57 bits per heavy atom. The van der Waals surface area contributed by atoms with Crippen molar-refractivity contribution in [3.8, 4) is 0 Å². The van der Waals surface area contributed by atoms with E-state index in [4.69, 9.17) is 17.3 Å². The van der Waals surface area contributed by atoms with Crippen LogP contribution in [0.3, 0.4) is 0 Å². The van der Waals surface area contributed by atoms with Gasteiger partial charge in [0.05, 0.1) is 5.02 Å². The van der Waals surface area contributed by atoms with E-state index in [1.165, 1.54) is 4.31 Å². The van der Waals surface area contributed by atoms with Gasteiger partial charge in [-0.1, -0.05) is 37.9 Å². The highest BCUT2D eigenvalue weighted by Crippen LogP contribution is 2.29. The van der Waals surface area contributed by atoms with Gasteiger partial charge >= 0.3 is 0 Å². The number of hydrogen-bond acceptors (Lipinski definition) is 3. The molecule has 120 valence electrons. The van der Waals surface area contributed by atoms with Gasteiger partial charge < -0.3 is 5.73 Å². The number of sulfonamides is 1. The molecule has 1 fully saturated rings. The summed E-state index contributed by atoms with van der Waals surface area (Å²) in [4.78, 5) is 0.200. The fourth-order valence-corrected chi connectivity index (χ4v) is 4.57. The lowest BCUT2D eigenvalue weighted by atomic mass is 10.1. The molecule has 0 amide bonds. The lowest BCUT2D eigenvalue weighted by Gasteiger charge is -2.17. The Morgan fingerprint density at radius 2 is 2.05 bits per heavy atom. The van der Waals surface area contributed by atoms with Crippen LogP contribution in [-0.4, -0.2) is 31.9 Å². The standard InChI is InChI=1S/C14H21ClN2O2S.ClH/c1-3-4-11-5-6-12(15)14(7-11)20(18,19)17-8-10(2)13(16)9-17;/h5-7,10,13H,3-4,8-9,16H2,1-2H3;1H. The molecular weight excluding hydrogens is 331 g/mol. The molecule has 1 heterocycles. The van der Waals surface area contributed by atoms with Gasteiger partial charge in [0.1, 0.15) is 4.90 Å². The maximum atomic E-state index is 12.7. The summed E-state index contributed by atoms with van der Waals surface area (Å²) in [6.45, 7) is 4.84. The smallest absolute Gasteiger partial charge is 0.244 e. The van der Waals surface area contributed by atoms with Crippen molar-refractivity contribution in [2.24, 2.45) is 11.7 Å². The highest BCUT2D eigenvalue weighted by Gasteiger charge is 2.36. The molecule has 0 radical (unpaired) electrons. The second-order valence-corrected chi connectivity index (χ2v) is 7.79. The summed E-state index contributed by atoms with van der Waals surface area (Å²) in [5.74, 6) is 0.169. The number of hydrogen-bond donors (Lipinski definition) is 1. The fraction of sp³-hybridized carbons (Fsp3) is 0.571. The molecule has 0 aliphatic carbocycles. The van der Waals surface area contributed by atoms with Crippen LogP contribution in [0.1, 0.15) is 25.8 Å². The van der Waals surface area contributed by atoms with Crippen LogP contribution in [0, 0.1) is 5.92 Å². The maximum Gasteiger partial charge on any atom is 0.244 e. The Balaban J connectivity index is 0.00000220. The van der Waals surface area contributed by atoms with Crippen LogP contribution in [0.5, 0.6) is 0 Å². The first-order valence-corrected chi connectivity index (χ1v) is 8.72. The van der Waals surface area contributed by atoms with E-state index in [-0.39, 0.29) is 34.3 Å². The van der Waals surface area contributed by atoms with Crippen molar-refractivity contribution in [2.45, 2.75) is 37.6 Å². The summed E-state index contributed by atoms with van der Waals surface area (Å²) in [5, 5.41) is 0.276. The van der Waals surface area contributed by atoms with Crippen LogP contribution < -0.4 is 5.73 Å². The van der Waals surface area contributed by atoms with Crippen LogP contribution >= 0.6 is 24.0 Å². The molecule has 2 unspecified atom stereocenters. The molecule has 21 heavy (non-hydrogen) atoms. The van der Waals surface area contributed by atoms with Gasteiger partial charge in [-0.15, -0.1) is 12.4 Å². The van der Waals surface area contributed by atoms with Crippen molar-refractivity contribution >= 4 is 34.0 Å². The largest absolute Gasteiger partial charge is 0.326 e. The molecule has 4 nitrogen and oxygen atoms in total. The van der Waals surface area contributed by atoms with Gasteiger partial charge in [-0.25, -0.2) is 8.42 Å². The van der Waals surface area contributed by atoms with Crippen molar-refractivity contribution in [1.82, 2.24) is 4.31 Å². The van der Waals surface area contributed by atoms with Gasteiger partial charge in [-0.3, -0.25) is 0 Å². The van der Waals surface area contributed by atoms with Crippen LogP contribution in [0.15, 0.2) is 23.1 Å². The molecule has 2 rings (SSSR count). The van der Waals surface area contributed by atoms with Crippen molar-refractivity contribution in [2.75, 3.05) is 13.1 Å². The second-order valence-electron chi connectivity index (χ2n) is 5.48. The summed E-state index contributed by atoms with van der Waals surface area (Å²) >= 11 is 6.10. The lowest BCUT2D eigenvalue weighted by molar-refractivity contribution is 0.464. The minimum absolute atomic E-state index is 0. The highest BCUT2D eigenvalue weighted by atomic mass is 35.5. The third-order valence-corrected chi connectivity index (χ3v) is 6.10. The van der Waals surface area contributed by atoms with Gasteiger partial charge in [0.15, 0.2) is 0 Å². The van der Waals surface area contributed by atoms with Crippen LogP contribution in [0.2, 0.25) is 5.02 Å². The van der Waals surface area contributed by atoms with Crippen LogP contribution in [-0.2, 0) is 16.4 Å². The zero-order valence-corrected chi connectivity index (χ0v) is 14.6. The lowest BCUT2D eigenvalue weighted by Crippen LogP contribution is -2.32. The van der Waals surface area contributed by atoms with Gasteiger partial charge in [0.25, 0.3) is 0 Å². The molecular formula is C14H22Cl2N2O2S. The molecule has 1 aromatic carbocycles. The average molecular weight is 353 g/mol. The van der Waals surface area contributed by atoms with E-state index in [9.17, 15) is 8.42 Å². The number of halogens is 2. The Bertz CT molecular complexity index is 583. The molecule has 1 aromatic rings. The first-order chi connectivity index (χ1) is 9.36. The van der Waals surface area contributed by atoms with Crippen molar-refractivity contribution < 1.29 is 8.42 Å². The van der Waals surface area contributed by atoms with Crippen LogP contribution in [0.25, 0.3) is 0 Å². The summed E-state index contributed by atoms with van der Waals surface area (Å²) in [6, 6.07) is 5.12. The van der Waals surface area contributed by atoms with Gasteiger partial charge in [0, 0.05) is 19.1 Å². The predicted octanol–water partition coefficient (Wildman–Crippen LogP) is 2.68. The summed E-state index contributed by atoms with van der Waals surface area (Å²) in [5.41, 5.74) is 6.91. The number of nitrogens with two attached hydrogens (primary N) is 1. The summed E-state index contributed by atoms with van der Waals surface area (Å²) in [6.07, 6.45) is 1.81. The number of aryl methyl sites for hydroxylation is 1. The Labute approximate surface area is 138 Å². The monoisotopic (exact) mass is 352 g/mol. The molecule has 0 spiro atoms. The maximum absolute atomic E-state index is 12.7. The highest BCUT2D eigenvalue weighted by molar-refractivity contribution is 7.89. The third kappa shape index (κ3) is 3.90. The SMILES string of the molecule is CCCc1ccc(Cl)c(S(=O)(=O)N2CC(C)C(N)C2)c1.Cl. The van der Waals surface area contributed by atoms with Crippen LogP contribution in [0.4, 0.5) is 0 Å². The molecule has 1 aliphatic rings. The Hall–Kier alpha value is -0.330. The minimum atomic E-state index is -3.55. The van der Waals surface area contributed by atoms with E-state index >= 15 is 0 Å². The molecule has 7 heteroatoms. The number of benzene rings is 1. The fourth-order valence-electron chi connectivity index (χ4n) is 2.47. The van der Waals surface area contributed by atoms with E-state index in [1.807, 2.05) is 13.0 Å². The normalized spacial score (nSPS) is 23.0. The van der Waals surface area contributed by atoms with E-state index in [2.05, 4.69) is 6.92 Å². The quantitative estimate of drug-likeness (QED) is 0.905. The van der Waals surface area contributed by atoms with E-state index in [0.717, 1.165) is 18.4 Å². The zero-order valence-electron chi connectivity index (χ0n) is 12.3. The molecule has 1 aliphatic heterocycles. The molecule has 2 atom stereocenters. The van der Waals surface area contributed by atoms with Crippen molar-refractivity contribution in [3.63, 3.8) is 0 Å². The van der Waals surface area contributed by atoms with Gasteiger partial charge in [0.2, 0.25) is 10.0 Å². The predicted molar refractivity (Wildman–Crippen MR) is 88.6 cm³/mol. The zero-order chi connectivity index (χ0) is 14.9. The van der Waals surface area contributed by atoms with E-state index in [0.29, 0.717) is 13.1 Å². The Kier molecular flexibility index (Phi) is 6.50. The van der Waals surface area contributed by atoms with Crippen molar-refractivity contribution in [1.29, 1.82) is 0 Å². The Morgan fingerprint density at radius 1 is 1.38 bits per heavy atom.